The summed E-state index contributed by atoms with van der Waals surface area (Å²) in [5.74, 6) is -0.00611. The van der Waals surface area contributed by atoms with E-state index in [-0.39, 0.29) is 17.7 Å². The van der Waals surface area contributed by atoms with Crippen molar-refractivity contribution >= 4 is 11.8 Å². The van der Waals surface area contributed by atoms with Crippen LogP contribution in [0.25, 0.3) is 0 Å². The van der Waals surface area contributed by atoms with Gasteiger partial charge in [-0.15, -0.1) is 0 Å². The van der Waals surface area contributed by atoms with Crippen LogP contribution in [0.3, 0.4) is 0 Å². The molecule has 5 heteroatoms. The average Bonchev–Trinajstić information content (AvgIpc) is 2.53. The summed E-state index contributed by atoms with van der Waals surface area (Å²) < 4.78 is 0. The second-order valence-corrected chi connectivity index (χ2v) is 6.03. The maximum absolute atomic E-state index is 12.6. The van der Waals surface area contributed by atoms with Crippen molar-refractivity contribution in [3.63, 3.8) is 0 Å². The number of carbonyl (C=O) groups is 2. The summed E-state index contributed by atoms with van der Waals surface area (Å²) in [7, 11) is 0. The van der Waals surface area contributed by atoms with Crippen molar-refractivity contribution in [2.75, 3.05) is 26.2 Å². The van der Waals surface area contributed by atoms with Gasteiger partial charge in [-0.05, 0) is 11.5 Å². The highest BCUT2D eigenvalue weighted by molar-refractivity contribution is 5.88. The molecule has 1 aliphatic heterocycles. The van der Waals surface area contributed by atoms with Gasteiger partial charge >= 0.3 is 0 Å². The molecule has 2 amide bonds. The molecule has 0 saturated carbocycles. The molecular weight excluding hydrogens is 278 g/mol. The van der Waals surface area contributed by atoms with Crippen molar-refractivity contribution in [1.82, 2.24) is 15.5 Å². The van der Waals surface area contributed by atoms with Crippen molar-refractivity contribution in [2.24, 2.45) is 5.92 Å². The SMILES string of the molecule is CC(C)C(NC(=O)Cc1ccccc1)C(=O)N1CCNCC1. The number of benzene rings is 1. The minimum Gasteiger partial charge on any atom is -0.344 e. The Kier molecular flexibility index (Phi) is 5.95. The molecule has 1 atom stereocenters. The van der Waals surface area contributed by atoms with Crippen LogP contribution in [0.5, 0.6) is 0 Å². The fourth-order valence-corrected chi connectivity index (χ4v) is 2.60. The molecule has 0 aliphatic carbocycles. The Morgan fingerprint density at radius 3 is 2.41 bits per heavy atom. The molecule has 1 fully saturated rings. The number of carbonyl (C=O) groups excluding carboxylic acids is 2. The Balaban J connectivity index is 1.95. The Hall–Kier alpha value is -1.88. The smallest absolute Gasteiger partial charge is 0.245 e. The molecule has 1 aromatic rings. The number of rotatable bonds is 5. The van der Waals surface area contributed by atoms with Crippen molar-refractivity contribution in [1.29, 1.82) is 0 Å². The zero-order chi connectivity index (χ0) is 15.9. The van der Waals surface area contributed by atoms with Gasteiger partial charge in [0.2, 0.25) is 11.8 Å². The summed E-state index contributed by atoms with van der Waals surface area (Å²) in [4.78, 5) is 26.7. The van der Waals surface area contributed by atoms with Crippen LogP contribution in [0.15, 0.2) is 30.3 Å². The zero-order valence-electron chi connectivity index (χ0n) is 13.3. The Morgan fingerprint density at radius 1 is 1.18 bits per heavy atom. The molecule has 1 unspecified atom stereocenters. The number of hydrogen-bond donors (Lipinski definition) is 2. The van der Waals surface area contributed by atoms with E-state index in [2.05, 4.69) is 10.6 Å². The highest BCUT2D eigenvalue weighted by atomic mass is 16.2. The third-order valence-corrected chi connectivity index (χ3v) is 3.89. The molecule has 5 nitrogen and oxygen atoms in total. The second-order valence-electron chi connectivity index (χ2n) is 6.03. The molecule has 2 rings (SSSR count). The fourth-order valence-electron chi connectivity index (χ4n) is 2.60. The van der Waals surface area contributed by atoms with E-state index in [1.165, 1.54) is 0 Å². The minimum absolute atomic E-state index is 0.0258. The van der Waals surface area contributed by atoms with Crippen LogP contribution in [0.4, 0.5) is 0 Å². The monoisotopic (exact) mass is 303 g/mol. The van der Waals surface area contributed by atoms with Crippen molar-refractivity contribution in [3.05, 3.63) is 35.9 Å². The van der Waals surface area contributed by atoms with Gasteiger partial charge in [-0.2, -0.15) is 0 Å². The van der Waals surface area contributed by atoms with Crippen LogP contribution >= 0.6 is 0 Å². The molecule has 1 saturated heterocycles. The van der Waals surface area contributed by atoms with Gasteiger partial charge in [0.05, 0.1) is 6.42 Å². The number of nitrogens with one attached hydrogen (secondary N) is 2. The second kappa shape index (κ2) is 7.94. The number of hydrogen-bond acceptors (Lipinski definition) is 3. The van der Waals surface area contributed by atoms with Crippen LogP contribution in [-0.2, 0) is 16.0 Å². The first-order valence-corrected chi connectivity index (χ1v) is 7.90. The molecule has 1 heterocycles. The van der Waals surface area contributed by atoms with Gasteiger partial charge in [0, 0.05) is 26.2 Å². The van der Waals surface area contributed by atoms with Crippen LogP contribution in [0.2, 0.25) is 0 Å². The zero-order valence-corrected chi connectivity index (χ0v) is 13.3. The predicted molar refractivity (Wildman–Crippen MR) is 86.4 cm³/mol. The minimum atomic E-state index is -0.450. The number of piperazine rings is 1. The Labute approximate surface area is 132 Å². The highest BCUT2D eigenvalue weighted by Gasteiger charge is 2.29. The van der Waals surface area contributed by atoms with Gasteiger partial charge in [0.15, 0.2) is 0 Å². The number of nitrogens with zero attached hydrogens (tertiary/aromatic N) is 1. The summed E-state index contributed by atoms with van der Waals surface area (Å²) in [6.45, 7) is 6.97. The van der Waals surface area contributed by atoms with Gasteiger partial charge in [0.25, 0.3) is 0 Å². The Morgan fingerprint density at radius 2 is 1.82 bits per heavy atom. The molecule has 0 aromatic heterocycles. The van der Waals surface area contributed by atoms with Crippen LogP contribution in [-0.4, -0.2) is 48.9 Å². The molecule has 120 valence electrons. The van der Waals surface area contributed by atoms with E-state index in [9.17, 15) is 9.59 Å². The molecule has 1 aliphatic rings. The summed E-state index contributed by atoms with van der Waals surface area (Å²) in [5, 5.41) is 6.14. The lowest BCUT2D eigenvalue weighted by atomic mass is 10.0. The molecule has 2 N–H and O–H groups in total. The lowest BCUT2D eigenvalue weighted by Crippen LogP contribution is -2.55. The molecule has 22 heavy (non-hydrogen) atoms. The first kappa shape index (κ1) is 16.5. The molecule has 1 aromatic carbocycles. The first-order valence-electron chi connectivity index (χ1n) is 7.90. The van der Waals surface area contributed by atoms with E-state index in [1.807, 2.05) is 49.1 Å². The van der Waals surface area contributed by atoms with E-state index >= 15 is 0 Å². The largest absolute Gasteiger partial charge is 0.344 e. The summed E-state index contributed by atoms with van der Waals surface area (Å²) in [6.07, 6.45) is 0.304. The van der Waals surface area contributed by atoms with E-state index in [4.69, 9.17) is 0 Å². The first-order chi connectivity index (χ1) is 10.6. The standard InChI is InChI=1S/C17H25N3O2/c1-13(2)16(17(22)20-10-8-18-9-11-20)19-15(21)12-14-6-4-3-5-7-14/h3-7,13,16,18H,8-12H2,1-2H3,(H,19,21). The maximum Gasteiger partial charge on any atom is 0.245 e. The van der Waals surface area contributed by atoms with E-state index in [0.29, 0.717) is 19.5 Å². The maximum atomic E-state index is 12.6. The van der Waals surface area contributed by atoms with Gasteiger partial charge in [-0.25, -0.2) is 0 Å². The third kappa shape index (κ3) is 4.56. The summed E-state index contributed by atoms with van der Waals surface area (Å²) in [5.41, 5.74) is 0.956. The highest BCUT2D eigenvalue weighted by Crippen LogP contribution is 2.08. The van der Waals surface area contributed by atoms with Gasteiger partial charge in [-0.1, -0.05) is 44.2 Å². The summed E-state index contributed by atoms with van der Waals surface area (Å²) >= 11 is 0. The van der Waals surface area contributed by atoms with Crippen molar-refractivity contribution in [2.45, 2.75) is 26.3 Å². The quantitative estimate of drug-likeness (QED) is 0.846. The lowest BCUT2D eigenvalue weighted by molar-refractivity contribution is -0.138. The predicted octanol–water partition coefficient (Wildman–Crippen LogP) is 0.802. The normalized spacial score (nSPS) is 16.4. The lowest BCUT2D eigenvalue weighted by Gasteiger charge is -2.32. The fraction of sp³-hybridized carbons (Fsp3) is 0.529. The van der Waals surface area contributed by atoms with Crippen LogP contribution in [0, 0.1) is 5.92 Å². The van der Waals surface area contributed by atoms with Crippen LogP contribution in [0.1, 0.15) is 19.4 Å². The van der Waals surface area contributed by atoms with E-state index < -0.39 is 6.04 Å². The van der Waals surface area contributed by atoms with Crippen molar-refractivity contribution < 1.29 is 9.59 Å². The van der Waals surface area contributed by atoms with E-state index in [0.717, 1.165) is 18.7 Å². The topological polar surface area (TPSA) is 61.4 Å². The number of amides is 2. The average molecular weight is 303 g/mol. The van der Waals surface area contributed by atoms with E-state index in [1.54, 1.807) is 0 Å². The van der Waals surface area contributed by atoms with Gasteiger partial charge < -0.3 is 15.5 Å². The third-order valence-electron chi connectivity index (χ3n) is 3.89. The molecule has 0 spiro atoms. The van der Waals surface area contributed by atoms with Crippen LogP contribution < -0.4 is 10.6 Å². The summed E-state index contributed by atoms with van der Waals surface area (Å²) in [6, 6.07) is 9.13. The van der Waals surface area contributed by atoms with Gasteiger partial charge in [-0.3, -0.25) is 9.59 Å². The molecule has 0 radical (unpaired) electrons. The molecule has 0 bridgehead atoms. The Bertz CT molecular complexity index is 496. The van der Waals surface area contributed by atoms with Gasteiger partial charge in [0.1, 0.15) is 6.04 Å². The van der Waals surface area contributed by atoms with Crippen molar-refractivity contribution in [3.8, 4) is 0 Å². The molecular formula is C17H25N3O2.